The maximum atomic E-state index is 12.0. The lowest BCUT2D eigenvalue weighted by atomic mass is 10.2. The standard InChI is InChI=1S/C15H21N5O2/c1-15(2,3)22-14(21)20-10-8-19(9-11-20)13-7-5-4-6-12(13)17-18-16/h4-7H,8-11H2,1-3H3. The Kier molecular flexibility index (Phi) is 4.78. The quantitative estimate of drug-likeness (QED) is 0.474. The number of benzene rings is 1. The van der Waals surface area contributed by atoms with Crippen molar-refractivity contribution in [2.45, 2.75) is 26.4 Å². The molecular weight excluding hydrogens is 282 g/mol. The van der Waals surface area contributed by atoms with Gasteiger partial charge in [0.15, 0.2) is 0 Å². The zero-order chi connectivity index (χ0) is 16.2. The topological polar surface area (TPSA) is 81.5 Å². The van der Waals surface area contributed by atoms with Crippen LogP contribution in [0.15, 0.2) is 29.4 Å². The summed E-state index contributed by atoms with van der Waals surface area (Å²) in [6, 6.07) is 7.46. The normalized spacial score (nSPS) is 15.2. The van der Waals surface area contributed by atoms with Gasteiger partial charge in [0, 0.05) is 36.8 Å². The van der Waals surface area contributed by atoms with E-state index >= 15 is 0 Å². The minimum absolute atomic E-state index is 0.282. The molecule has 2 rings (SSSR count). The molecule has 1 fully saturated rings. The molecule has 0 bridgehead atoms. The number of hydrogen-bond donors (Lipinski definition) is 0. The van der Waals surface area contributed by atoms with Crippen molar-refractivity contribution in [2.75, 3.05) is 31.1 Å². The first kappa shape index (κ1) is 16.0. The molecule has 1 aromatic carbocycles. The highest BCUT2D eigenvalue weighted by Gasteiger charge is 2.26. The third-order valence-electron chi connectivity index (χ3n) is 3.31. The molecule has 0 atom stereocenters. The van der Waals surface area contributed by atoms with Crippen molar-refractivity contribution in [3.63, 3.8) is 0 Å². The first-order valence-corrected chi connectivity index (χ1v) is 7.28. The molecule has 0 unspecified atom stereocenters. The Morgan fingerprint density at radius 2 is 1.86 bits per heavy atom. The van der Waals surface area contributed by atoms with Crippen molar-refractivity contribution < 1.29 is 9.53 Å². The van der Waals surface area contributed by atoms with E-state index in [2.05, 4.69) is 14.9 Å². The van der Waals surface area contributed by atoms with E-state index in [1.807, 2.05) is 39.0 Å². The predicted molar refractivity (Wildman–Crippen MR) is 85.3 cm³/mol. The number of rotatable bonds is 2. The summed E-state index contributed by atoms with van der Waals surface area (Å²) in [5.74, 6) is 0. The molecule has 0 radical (unpaired) electrons. The highest BCUT2D eigenvalue weighted by molar-refractivity contribution is 5.70. The fourth-order valence-electron chi connectivity index (χ4n) is 2.32. The number of anilines is 1. The van der Waals surface area contributed by atoms with Gasteiger partial charge in [-0.15, -0.1) is 0 Å². The van der Waals surface area contributed by atoms with Gasteiger partial charge in [-0.25, -0.2) is 4.79 Å². The van der Waals surface area contributed by atoms with Crippen molar-refractivity contribution >= 4 is 17.5 Å². The number of nitrogens with zero attached hydrogens (tertiary/aromatic N) is 5. The molecule has 0 N–H and O–H groups in total. The van der Waals surface area contributed by atoms with Crippen molar-refractivity contribution in [3.8, 4) is 0 Å². The van der Waals surface area contributed by atoms with Crippen LogP contribution in [0.2, 0.25) is 0 Å². The smallest absolute Gasteiger partial charge is 0.410 e. The molecule has 22 heavy (non-hydrogen) atoms. The molecule has 118 valence electrons. The molecule has 0 aromatic heterocycles. The first-order valence-electron chi connectivity index (χ1n) is 7.28. The van der Waals surface area contributed by atoms with Crippen molar-refractivity contribution in [1.82, 2.24) is 4.90 Å². The van der Waals surface area contributed by atoms with Gasteiger partial charge < -0.3 is 14.5 Å². The SMILES string of the molecule is CC(C)(C)OC(=O)N1CCN(c2ccccc2N=[N+]=[N-])CC1. The zero-order valence-electron chi connectivity index (χ0n) is 13.2. The van der Waals surface area contributed by atoms with Gasteiger partial charge in [0.05, 0.1) is 5.69 Å². The Morgan fingerprint density at radius 1 is 1.23 bits per heavy atom. The summed E-state index contributed by atoms with van der Waals surface area (Å²) in [7, 11) is 0. The van der Waals surface area contributed by atoms with Crippen LogP contribution in [0.25, 0.3) is 10.4 Å². The van der Waals surface area contributed by atoms with Crippen LogP contribution in [0, 0.1) is 0 Å². The lowest BCUT2D eigenvalue weighted by molar-refractivity contribution is 0.0240. The average Bonchev–Trinajstić information content (AvgIpc) is 2.47. The fraction of sp³-hybridized carbons (Fsp3) is 0.533. The summed E-state index contributed by atoms with van der Waals surface area (Å²) in [6.45, 7) is 8.10. The Hall–Kier alpha value is -2.40. The summed E-state index contributed by atoms with van der Waals surface area (Å²) >= 11 is 0. The first-order chi connectivity index (χ1) is 10.4. The van der Waals surface area contributed by atoms with Crippen LogP contribution in [0.3, 0.4) is 0 Å². The van der Waals surface area contributed by atoms with Crippen LogP contribution in [-0.4, -0.2) is 42.8 Å². The van der Waals surface area contributed by atoms with E-state index in [9.17, 15) is 4.79 Å². The van der Waals surface area contributed by atoms with E-state index in [0.717, 1.165) is 5.69 Å². The third-order valence-corrected chi connectivity index (χ3v) is 3.31. The molecule has 0 aliphatic carbocycles. The maximum absolute atomic E-state index is 12.0. The summed E-state index contributed by atoms with van der Waals surface area (Å²) in [5, 5.41) is 3.72. The van der Waals surface area contributed by atoms with E-state index < -0.39 is 5.60 Å². The fourth-order valence-corrected chi connectivity index (χ4v) is 2.32. The molecule has 7 nitrogen and oxygen atoms in total. The van der Waals surface area contributed by atoms with Gasteiger partial charge in [0.25, 0.3) is 0 Å². The van der Waals surface area contributed by atoms with Crippen LogP contribution >= 0.6 is 0 Å². The van der Waals surface area contributed by atoms with Crippen LogP contribution in [-0.2, 0) is 4.74 Å². The Balaban J connectivity index is 2.01. The highest BCUT2D eigenvalue weighted by Crippen LogP contribution is 2.29. The second kappa shape index (κ2) is 6.58. The summed E-state index contributed by atoms with van der Waals surface area (Å²) in [5.41, 5.74) is 9.65. The Morgan fingerprint density at radius 3 is 2.45 bits per heavy atom. The van der Waals surface area contributed by atoms with Gasteiger partial charge >= 0.3 is 6.09 Å². The lowest BCUT2D eigenvalue weighted by Crippen LogP contribution is -2.50. The second-order valence-electron chi connectivity index (χ2n) is 6.13. The molecule has 1 aliphatic heterocycles. The van der Waals surface area contributed by atoms with E-state index in [-0.39, 0.29) is 6.09 Å². The van der Waals surface area contributed by atoms with Gasteiger partial charge in [-0.1, -0.05) is 23.3 Å². The van der Waals surface area contributed by atoms with Crippen molar-refractivity contribution in [1.29, 1.82) is 0 Å². The number of ether oxygens (including phenoxy) is 1. The van der Waals surface area contributed by atoms with Crippen LogP contribution in [0.1, 0.15) is 20.8 Å². The van der Waals surface area contributed by atoms with Crippen LogP contribution < -0.4 is 4.90 Å². The van der Waals surface area contributed by atoms with Gasteiger partial charge in [0.1, 0.15) is 5.60 Å². The second-order valence-corrected chi connectivity index (χ2v) is 6.13. The van der Waals surface area contributed by atoms with Crippen LogP contribution in [0.4, 0.5) is 16.2 Å². The largest absolute Gasteiger partial charge is 0.444 e. The summed E-state index contributed by atoms with van der Waals surface area (Å²) in [4.78, 5) is 18.7. The zero-order valence-corrected chi connectivity index (χ0v) is 13.2. The monoisotopic (exact) mass is 303 g/mol. The van der Waals surface area contributed by atoms with Gasteiger partial charge in [0.2, 0.25) is 0 Å². The van der Waals surface area contributed by atoms with Gasteiger partial charge in [-0.2, -0.15) is 0 Å². The van der Waals surface area contributed by atoms with Crippen molar-refractivity contribution in [2.24, 2.45) is 5.11 Å². The maximum Gasteiger partial charge on any atom is 0.410 e. The molecular formula is C15H21N5O2. The third kappa shape index (κ3) is 4.05. The Bertz CT molecular complexity index is 582. The number of carbonyl (C=O) groups excluding carboxylic acids is 1. The molecule has 0 saturated carbocycles. The van der Waals surface area contributed by atoms with E-state index in [1.54, 1.807) is 11.0 Å². The molecule has 1 heterocycles. The molecule has 1 amide bonds. The van der Waals surface area contributed by atoms with E-state index in [4.69, 9.17) is 10.3 Å². The van der Waals surface area contributed by atoms with E-state index in [1.165, 1.54) is 0 Å². The predicted octanol–water partition coefficient (Wildman–Crippen LogP) is 3.69. The average molecular weight is 303 g/mol. The minimum Gasteiger partial charge on any atom is -0.444 e. The number of hydrogen-bond acceptors (Lipinski definition) is 4. The van der Waals surface area contributed by atoms with Crippen molar-refractivity contribution in [3.05, 3.63) is 34.7 Å². The highest BCUT2D eigenvalue weighted by atomic mass is 16.6. The number of amides is 1. The van der Waals surface area contributed by atoms with Crippen LogP contribution in [0.5, 0.6) is 0 Å². The van der Waals surface area contributed by atoms with E-state index in [0.29, 0.717) is 31.9 Å². The summed E-state index contributed by atoms with van der Waals surface area (Å²) < 4.78 is 5.38. The number of azide groups is 1. The minimum atomic E-state index is -0.484. The lowest BCUT2D eigenvalue weighted by Gasteiger charge is -2.37. The molecule has 7 heteroatoms. The molecule has 1 aliphatic rings. The number of carbonyl (C=O) groups is 1. The number of para-hydroxylation sites is 1. The number of piperazine rings is 1. The van der Waals surface area contributed by atoms with Gasteiger partial charge in [-0.05, 0) is 32.4 Å². The summed E-state index contributed by atoms with van der Waals surface area (Å²) in [6.07, 6.45) is -0.282. The Labute approximate surface area is 130 Å². The molecule has 1 saturated heterocycles. The molecule has 0 spiro atoms. The van der Waals surface area contributed by atoms with Gasteiger partial charge in [-0.3, -0.25) is 0 Å². The molecule has 1 aromatic rings.